The number of carboxylic acid groups (broad SMARTS) is 1. The lowest BCUT2D eigenvalue weighted by molar-refractivity contribution is -0.186. The zero-order valence-corrected chi connectivity index (χ0v) is 23.1. The van der Waals surface area contributed by atoms with E-state index in [1.54, 1.807) is 12.1 Å². The molecule has 1 aromatic heterocycles. The lowest BCUT2D eigenvalue weighted by atomic mass is 9.90. The summed E-state index contributed by atoms with van der Waals surface area (Å²) >= 11 is 0. The molecule has 3 N–H and O–H groups in total. The van der Waals surface area contributed by atoms with Crippen molar-refractivity contribution >= 4 is 23.8 Å². The van der Waals surface area contributed by atoms with E-state index in [0.717, 1.165) is 44.3 Å². The number of carbonyl (C=O) groups is 3. The molecule has 2 aliphatic rings. The number of alkyl halides is 3. The molecule has 0 radical (unpaired) electrons. The molecule has 1 saturated carbocycles. The van der Waals surface area contributed by atoms with Crippen LogP contribution in [0.15, 0.2) is 41.3 Å². The van der Waals surface area contributed by atoms with E-state index in [2.05, 4.69) is 27.4 Å². The number of nitrogens with one attached hydrogen (secondary N) is 2. The fourth-order valence-corrected chi connectivity index (χ4v) is 5.41. The molecular weight excluding hydrogens is 559 g/mol. The molecule has 15 heteroatoms. The van der Waals surface area contributed by atoms with E-state index in [0.29, 0.717) is 16.6 Å². The molecule has 1 aliphatic carbocycles. The van der Waals surface area contributed by atoms with Gasteiger partial charge in [-0.25, -0.2) is 14.4 Å². The predicted molar refractivity (Wildman–Crippen MR) is 146 cm³/mol. The predicted octanol–water partition coefficient (Wildman–Crippen LogP) is 2.87. The number of anilines is 1. The van der Waals surface area contributed by atoms with E-state index in [9.17, 15) is 32.3 Å². The van der Waals surface area contributed by atoms with E-state index in [-0.39, 0.29) is 38.0 Å². The number of hydrogen-bond acceptors (Lipinski definition) is 6. The van der Waals surface area contributed by atoms with Crippen LogP contribution in [0, 0.1) is 0 Å². The smallest absolute Gasteiger partial charge is 0.465 e. The number of hydrogen-bond donors (Lipinski definition) is 3. The molecular formula is C27H34F3N7O5. The number of halogens is 3. The molecule has 2 heterocycles. The van der Waals surface area contributed by atoms with E-state index >= 15 is 0 Å². The van der Waals surface area contributed by atoms with Crippen LogP contribution in [0.4, 0.5) is 28.6 Å². The molecule has 1 aromatic carbocycles. The molecule has 1 saturated heterocycles. The third kappa shape index (κ3) is 7.78. The van der Waals surface area contributed by atoms with E-state index in [1.165, 1.54) is 21.7 Å². The van der Waals surface area contributed by atoms with Gasteiger partial charge < -0.3 is 20.2 Å². The average Bonchev–Trinajstić information content (AvgIpc) is 2.96. The third-order valence-corrected chi connectivity index (χ3v) is 7.68. The van der Waals surface area contributed by atoms with Gasteiger partial charge in [-0.05, 0) is 56.0 Å². The van der Waals surface area contributed by atoms with Crippen molar-refractivity contribution in [1.82, 2.24) is 29.6 Å². The highest BCUT2D eigenvalue weighted by atomic mass is 19.4. The molecule has 12 nitrogen and oxygen atoms in total. The maximum atomic E-state index is 12.7. The molecule has 42 heavy (non-hydrogen) atoms. The van der Waals surface area contributed by atoms with Gasteiger partial charge >= 0.3 is 29.9 Å². The summed E-state index contributed by atoms with van der Waals surface area (Å²) in [7, 11) is 0. The Morgan fingerprint density at radius 1 is 1.00 bits per heavy atom. The fourth-order valence-electron chi connectivity index (χ4n) is 5.41. The van der Waals surface area contributed by atoms with Gasteiger partial charge in [-0.1, -0.05) is 19.1 Å². The highest BCUT2D eigenvalue weighted by Gasteiger charge is 2.43. The van der Waals surface area contributed by atoms with Crippen molar-refractivity contribution in [2.24, 2.45) is 0 Å². The van der Waals surface area contributed by atoms with Gasteiger partial charge in [0.25, 0.3) is 0 Å². The Bertz CT molecular complexity index is 1320. The number of amides is 4. The Balaban J connectivity index is 1.31. The normalized spacial score (nSPS) is 19.5. The van der Waals surface area contributed by atoms with E-state index in [1.807, 2.05) is 12.1 Å². The minimum absolute atomic E-state index is 0.00136. The van der Waals surface area contributed by atoms with E-state index in [4.69, 9.17) is 5.11 Å². The van der Waals surface area contributed by atoms with E-state index < -0.39 is 29.9 Å². The molecule has 1 aliphatic heterocycles. The van der Waals surface area contributed by atoms with Crippen molar-refractivity contribution in [2.75, 3.05) is 38.0 Å². The first-order chi connectivity index (χ1) is 19.9. The number of nitrogens with zero attached hydrogens (tertiary/aromatic N) is 5. The Kier molecular flexibility index (Phi) is 9.70. The van der Waals surface area contributed by atoms with Crippen LogP contribution in [-0.2, 0) is 11.3 Å². The summed E-state index contributed by atoms with van der Waals surface area (Å²) in [4.78, 5) is 55.7. The SMILES string of the molecule is CCN(Cc1ccc(-n2ccc(NC(=O)N3CCN(C(=O)C(F)(F)F)CC3)nc2=O)cc1)C1CCC(NC(=O)O)CC1. The summed E-state index contributed by atoms with van der Waals surface area (Å²) in [5.41, 5.74) is 1.03. The molecule has 0 unspecified atom stereocenters. The molecule has 228 valence electrons. The van der Waals surface area contributed by atoms with Crippen LogP contribution in [0.2, 0.25) is 0 Å². The largest absolute Gasteiger partial charge is 0.471 e. The summed E-state index contributed by atoms with van der Waals surface area (Å²) in [5, 5.41) is 14.0. The van der Waals surface area contributed by atoms with Crippen LogP contribution < -0.4 is 16.3 Å². The van der Waals surface area contributed by atoms with Crippen molar-refractivity contribution in [3.63, 3.8) is 0 Å². The lowest BCUT2D eigenvalue weighted by Crippen LogP contribution is -2.54. The summed E-state index contributed by atoms with van der Waals surface area (Å²) in [6.45, 7) is 2.98. The second kappa shape index (κ2) is 13.2. The number of piperazine rings is 1. The zero-order chi connectivity index (χ0) is 30.4. The van der Waals surface area contributed by atoms with Gasteiger partial charge in [0, 0.05) is 51.0 Å². The van der Waals surface area contributed by atoms with Crippen molar-refractivity contribution in [3.8, 4) is 5.69 Å². The minimum Gasteiger partial charge on any atom is -0.465 e. The topological polar surface area (TPSA) is 140 Å². The minimum atomic E-state index is -4.96. The van der Waals surface area contributed by atoms with Crippen molar-refractivity contribution in [2.45, 2.75) is 57.4 Å². The molecule has 4 rings (SSSR count). The van der Waals surface area contributed by atoms with Crippen LogP contribution in [0.1, 0.15) is 38.2 Å². The summed E-state index contributed by atoms with van der Waals surface area (Å²) in [6.07, 6.45) is -1.04. The molecule has 0 bridgehead atoms. The van der Waals surface area contributed by atoms with Crippen LogP contribution in [-0.4, -0.2) is 98.4 Å². The Morgan fingerprint density at radius 2 is 1.62 bits per heavy atom. The van der Waals surface area contributed by atoms with Crippen LogP contribution in [0.3, 0.4) is 0 Å². The number of aromatic nitrogens is 2. The summed E-state index contributed by atoms with van der Waals surface area (Å²) < 4.78 is 39.2. The first-order valence-electron chi connectivity index (χ1n) is 13.8. The van der Waals surface area contributed by atoms with Gasteiger partial charge in [0.05, 0.1) is 5.69 Å². The molecule has 2 fully saturated rings. The number of carbonyl (C=O) groups excluding carboxylic acids is 2. The Hall–Kier alpha value is -4.14. The average molecular weight is 594 g/mol. The maximum absolute atomic E-state index is 12.7. The maximum Gasteiger partial charge on any atom is 0.471 e. The first-order valence-corrected chi connectivity index (χ1v) is 13.8. The van der Waals surface area contributed by atoms with Gasteiger partial charge in [-0.15, -0.1) is 0 Å². The number of benzene rings is 1. The van der Waals surface area contributed by atoms with Crippen LogP contribution >= 0.6 is 0 Å². The monoisotopic (exact) mass is 593 g/mol. The van der Waals surface area contributed by atoms with Crippen molar-refractivity contribution in [3.05, 3.63) is 52.6 Å². The quantitative estimate of drug-likeness (QED) is 0.449. The second-order valence-corrected chi connectivity index (χ2v) is 10.4. The Morgan fingerprint density at radius 3 is 2.17 bits per heavy atom. The first kappa shape index (κ1) is 30.8. The highest BCUT2D eigenvalue weighted by molar-refractivity contribution is 5.88. The van der Waals surface area contributed by atoms with Crippen molar-refractivity contribution < 1.29 is 32.7 Å². The second-order valence-electron chi connectivity index (χ2n) is 10.4. The molecule has 4 amide bonds. The number of urea groups is 1. The van der Waals surface area contributed by atoms with Crippen LogP contribution in [0.5, 0.6) is 0 Å². The molecule has 0 atom stereocenters. The van der Waals surface area contributed by atoms with Gasteiger partial charge in [0.2, 0.25) is 0 Å². The van der Waals surface area contributed by atoms with Gasteiger partial charge in [0.1, 0.15) is 5.82 Å². The summed E-state index contributed by atoms with van der Waals surface area (Å²) in [5.74, 6) is -1.93. The van der Waals surface area contributed by atoms with Gasteiger partial charge in [-0.3, -0.25) is 19.6 Å². The van der Waals surface area contributed by atoms with Gasteiger partial charge in [-0.2, -0.15) is 18.2 Å². The fraction of sp³-hybridized carbons (Fsp3) is 0.519. The van der Waals surface area contributed by atoms with Crippen molar-refractivity contribution in [1.29, 1.82) is 0 Å². The summed E-state index contributed by atoms with van der Waals surface area (Å²) in [6, 6.07) is 8.65. The number of rotatable bonds is 7. The Labute approximate surface area is 240 Å². The standard InChI is InChI=1S/C27H34F3N7O5/c1-2-34(20-9-5-19(6-10-20)31-26(41)42)17-18-3-7-21(8-4-18)37-12-11-22(33-25(37)40)32-24(39)36-15-13-35(14-16-36)23(38)27(28,29)30/h3-4,7-8,11-12,19-20,31H,2,5-6,9-10,13-17H2,1H3,(H,41,42)(H,32,33,39,40). The molecule has 0 spiro atoms. The lowest BCUT2D eigenvalue weighted by Gasteiger charge is -2.36. The highest BCUT2D eigenvalue weighted by Crippen LogP contribution is 2.25. The third-order valence-electron chi connectivity index (χ3n) is 7.68. The molecule has 2 aromatic rings. The zero-order valence-electron chi connectivity index (χ0n) is 23.1. The van der Waals surface area contributed by atoms with Gasteiger partial charge in [0.15, 0.2) is 0 Å². The van der Waals surface area contributed by atoms with Crippen LogP contribution in [0.25, 0.3) is 5.69 Å².